The Kier molecular flexibility index (Phi) is 2.06. The first-order valence-corrected chi connectivity index (χ1v) is 5.99. The predicted molar refractivity (Wildman–Crippen MR) is 58.0 cm³/mol. The van der Waals surface area contributed by atoms with Gasteiger partial charge >= 0.3 is 5.97 Å². The number of carbonyl (C=O) groups excluding carboxylic acids is 3. The van der Waals surface area contributed by atoms with Gasteiger partial charge in [-0.2, -0.15) is 0 Å². The van der Waals surface area contributed by atoms with Gasteiger partial charge in [-0.05, 0) is 12.8 Å². The molecule has 0 N–H and O–H groups in total. The minimum Gasteiger partial charge on any atom is -0.448 e. The van der Waals surface area contributed by atoms with E-state index in [1.807, 2.05) is 0 Å². The van der Waals surface area contributed by atoms with Gasteiger partial charge in [-0.1, -0.05) is 6.58 Å². The monoisotopic (exact) mass is 234 g/mol. The first-order chi connectivity index (χ1) is 8.05. The number of hydrogen-bond acceptors (Lipinski definition) is 4. The van der Waals surface area contributed by atoms with Gasteiger partial charge in [-0.25, -0.2) is 4.79 Å². The molecule has 2 atom stereocenters. The van der Waals surface area contributed by atoms with E-state index in [0.717, 1.165) is 6.08 Å². The molecule has 0 heterocycles. The van der Waals surface area contributed by atoms with Crippen LogP contribution < -0.4 is 0 Å². The summed E-state index contributed by atoms with van der Waals surface area (Å²) in [6.45, 7) is 3.35. The fourth-order valence-corrected chi connectivity index (χ4v) is 3.75. The highest BCUT2D eigenvalue weighted by Crippen LogP contribution is 2.53. The summed E-state index contributed by atoms with van der Waals surface area (Å²) in [7, 11) is 0. The van der Waals surface area contributed by atoms with Gasteiger partial charge < -0.3 is 4.74 Å². The average Bonchev–Trinajstić information content (AvgIpc) is 2.28. The molecule has 0 aromatic carbocycles. The third kappa shape index (κ3) is 1.33. The van der Waals surface area contributed by atoms with E-state index < -0.39 is 11.6 Å². The summed E-state index contributed by atoms with van der Waals surface area (Å²) in [5.74, 6) is -0.520. The molecule has 4 aliphatic rings. The lowest BCUT2D eigenvalue weighted by atomic mass is 9.53. The molecule has 4 saturated carbocycles. The van der Waals surface area contributed by atoms with Crippen LogP contribution >= 0.6 is 0 Å². The highest BCUT2D eigenvalue weighted by molar-refractivity contribution is 6.00. The van der Waals surface area contributed by atoms with E-state index in [9.17, 15) is 14.4 Å². The van der Waals surface area contributed by atoms with Gasteiger partial charge in [0.25, 0.3) is 0 Å². The minimum atomic E-state index is -1.02. The van der Waals surface area contributed by atoms with Crippen LogP contribution in [0.25, 0.3) is 0 Å². The van der Waals surface area contributed by atoms with E-state index in [4.69, 9.17) is 4.74 Å². The summed E-state index contributed by atoms with van der Waals surface area (Å²) in [5.41, 5.74) is -1.02. The van der Waals surface area contributed by atoms with Crippen molar-refractivity contribution in [2.24, 2.45) is 17.8 Å². The fourth-order valence-electron chi connectivity index (χ4n) is 3.75. The molecule has 2 unspecified atom stereocenters. The summed E-state index contributed by atoms with van der Waals surface area (Å²) in [6, 6.07) is 0. The normalized spacial score (nSPS) is 42.7. The molecule has 0 aromatic rings. The molecule has 0 amide bonds. The van der Waals surface area contributed by atoms with Crippen molar-refractivity contribution in [2.75, 3.05) is 0 Å². The zero-order valence-electron chi connectivity index (χ0n) is 9.48. The van der Waals surface area contributed by atoms with Crippen LogP contribution in [0.5, 0.6) is 0 Å². The number of esters is 1. The van der Waals surface area contributed by atoms with Crippen LogP contribution in [-0.4, -0.2) is 23.1 Å². The van der Waals surface area contributed by atoms with Crippen molar-refractivity contribution < 1.29 is 19.1 Å². The third-order valence-corrected chi connectivity index (χ3v) is 4.38. The molecule has 0 spiro atoms. The van der Waals surface area contributed by atoms with Gasteiger partial charge in [0.1, 0.15) is 5.78 Å². The topological polar surface area (TPSA) is 60.4 Å². The van der Waals surface area contributed by atoms with Crippen molar-refractivity contribution in [2.45, 2.75) is 31.3 Å². The predicted octanol–water partition coefficient (Wildman–Crippen LogP) is 1.04. The van der Waals surface area contributed by atoms with Gasteiger partial charge in [0.15, 0.2) is 11.4 Å². The summed E-state index contributed by atoms with van der Waals surface area (Å²) in [6.07, 6.45) is 3.16. The number of hydrogen-bond donors (Lipinski definition) is 0. The molecule has 0 aromatic heterocycles. The number of carbonyl (C=O) groups is 3. The van der Waals surface area contributed by atoms with Gasteiger partial charge in [0.05, 0.1) is 0 Å². The largest absolute Gasteiger partial charge is 0.448 e. The quantitative estimate of drug-likeness (QED) is 0.529. The second kappa shape index (κ2) is 3.28. The van der Waals surface area contributed by atoms with E-state index in [0.29, 0.717) is 25.7 Å². The second-order valence-corrected chi connectivity index (χ2v) is 5.36. The Labute approximate surface area is 99.0 Å². The summed E-state index contributed by atoms with van der Waals surface area (Å²) >= 11 is 0. The maximum absolute atomic E-state index is 12.2. The van der Waals surface area contributed by atoms with E-state index >= 15 is 0 Å². The fraction of sp³-hybridized carbons (Fsp3) is 0.615. The first kappa shape index (κ1) is 10.7. The summed E-state index contributed by atoms with van der Waals surface area (Å²) < 4.78 is 5.30. The van der Waals surface area contributed by atoms with Crippen molar-refractivity contribution in [3.05, 3.63) is 12.7 Å². The van der Waals surface area contributed by atoms with Crippen LogP contribution in [0.4, 0.5) is 0 Å². The van der Waals surface area contributed by atoms with Crippen LogP contribution in [0.1, 0.15) is 25.7 Å². The van der Waals surface area contributed by atoms with Gasteiger partial charge in [-0.15, -0.1) is 0 Å². The molecule has 4 aliphatic carbocycles. The first-order valence-electron chi connectivity index (χ1n) is 5.99. The zero-order chi connectivity index (χ0) is 12.2. The van der Waals surface area contributed by atoms with E-state index in [-0.39, 0.29) is 29.3 Å². The maximum atomic E-state index is 12.2. The van der Waals surface area contributed by atoms with Crippen LogP contribution in [0.2, 0.25) is 0 Å². The highest BCUT2D eigenvalue weighted by Gasteiger charge is 2.62. The molecule has 17 heavy (non-hydrogen) atoms. The van der Waals surface area contributed by atoms with E-state index in [2.05, 4.69) is 6.58 Å². The van der Waals surface area contributed by atoms with Crippen molar-refractivity contribution >= 4 is 17.5 Å². The molecular formula is C13H14O4. The lowest BCUT2D eigenvalue weighted by Gasteiger charge is -2.52. The molecule has 4 heteroatoms. The van der Waals surface area contributed by atoms with Gasteiger partial charge in [-0.3, -0.25) is 9.59 Å². The third-order valence-electron chi connectivity index (χ3n) is 4.38. The minimum absolute atomic E-state index is 0.0210. The molecule has 4 bridgehead atoms. The van der Waals surface area contributed by atoms with Crippen molar-refractivity contribution in [1.29, 1.82) is 0 Å². The van der Waals surface area contributed by atoms with Crippen LogP contribution in [0.3, 0.4) is 0 Å². The smallest absolute Gasteiger partial charge is 0.331 e. The standard InChI is InChI=1S/C13H14O4/c1-2-10(14)17-13-5-8-3-7(12(13)16)4-9(6-13)11(8)15/h2,7-9H,1,3-6H2. The molecule has 4 rings (SSSR count). The Bertz CT molecular complexity index is 419. The van der Waals surface area contributed by atoms with Crippen LogP contribution in [-0.2, 0) is 19.1 Å². The van der Waals surface area contributed by atoms with E-state index in [1.165, 1.54) is 0 Å². The Balaban J connectivity index is 1.95. The molecule has 0 saturated heterocycles. The molecular weight excluding hydrogens is 220 g/mol. The lowest BCUT2D eigenvalue weighted by molar-refractivity contribution is -0.189. The number of ketones is 2. The lowest BCUT2D eigenvalue weighted by Crippen LogP contribution is -2.62. The Morgan fingerprint density at radius 1 is 1.24 bits per heavy atom. The van der Waals surface area contributed by atoms with E-state index in [1.54, 1.807) is 0 Å². The number of Topliss-reactive ketones (excluding diaryl/α,β-unsaturated/α-hetero) is 2. The molecule has 90 valence electrons. The number of rotatable bonds is 2. The second-order valence-electron chi connectivity index (χ2n) is 5.36. The molecule has 4 nitrogen and oxygen atoms in total. The zero-order valence-corrected chi connectivity index (χ0v) is 9.48. The van der Waals surface area contributed by atoms with Gasteiger partial charge in [0.2, 0.25) is 0 Å². The maximum Gasteiger partial charge on any atom is 0.331 e. The molecule has 0 aliphatic heterocycles. The van der Waals surface area contributed by atoms with Crippen molar-refractivity contribution in [1.82, 2.24) is 0 Å². The van der Waals surface area contributed by atoms with Crippen LogP contribution in [0, 0.1) is 17.8 Å². The SMILES string of the molecule is C=CC(=O)OC12CC3CC(CC(C1)C3=O)C2=O. The highest BCUT2D eigenvalue weighted by atomic mass is 16.6. The van der Waals surface area contributed by atoms with Gasteiger partial charge in [0, 0.05) is 36.7 Å². The van der Waals surface area contributed by atoms with Crippen LogP contribution in [0.15, 0.2) is 12.7 Å². The Morgan fingerprint density at radius 3 is 2.35 bits per heavy atom. The molecule has 0 radical (unpaired) electrons. The average molecular weight is 234 g/mol. The number of ether oxygens (including phenoxy) is 1. The Hall–Kier alpha value is -1.45. The molecule has 4 fully saturated rings. The Morgan fingerprint density at radius 2 is 1.82 bits per heavy atom. The summed E-state index contributed by atoms with van der Waals surface area (Å²) in [5, 5.41) is 0. The summed E-state index contributed by atoms with van der Waals surface area (Å²) in [4.78, 5) is 35.5. The van der Waals surface area contributed by atoms with Crippen molar-refractivity contribution in [3.8, 4) is 0 Å². The van der Waals surface area contributed by atoms with Crippen molar-refractivity contribution in [3.63, 3.8) is 0 Å².